The second-order valence-electron chi connectivity index (χ2n) is 5.68. The van der Waals surface area contributed by atoms with E-state index in [0.717, 1.165) is 32.0 Å². The minimum Gasteiger partial charge on any atom is -0.321 e. The lowest BCUT2D eigenvalue weighted by Gasteiger charge is -2.18. The van der Waals surface area contributed by atoms with Crippen molar-refractivity contribution in [3.05, 3.63) is 58.6 Å². The van der Waals surface area contributed by atoms with Gasteiger partial charge in [0.1, 0.15) is 5.01 Å². The first-order chi connectivity index (χ1) is 11.0. The van der Waals surface area contributed by atoms with Crippen LogP contribution >= 0.6 is 11.3 Å². The summed E-state index contributed by atoms with van der Waals surface area (Å²) >= 11 is 1.62. The second kappa shape index (κ2) is 6.38. The predicted molar refractivity (Wildman–Crippen MR) is 96.0 cm³/mol. The zero-order valence-electron chi connectivity index (χ0n) is 13.5. The number of nitrogens with zero attached hydrogens (tertiary/aromatic N) is 2. The molecule has 1 heterocycles. The number of aromatic nitrogens is 1. The highest BCUT2D eigenvalue weighted by Crippen LogP contribution is 2.23. The first kappa shape index (κ1) is 15.5. The molecule has 5 heteroatoms. The van der Waals surface area contributed by atoms with Crippen LogP contribution in [0, 0.1) is 13.8 Å². The smallest absolute Gasteiger partial charge is 0.321 e. The number of rotatable bonds is 3. The lowest BCUT2D eigenvalue weighted by molar-refractivity contribution is 0.220. The molecule has 0 aliphatic carbocycles. The molecule has 0 radical (unpaired) electrons. The molecule has 2 amide bonds. The van der Waals surface area contributed by atoms with Gasteiger partial charge in [0.05, 0.1) is 16.8 Å². The molecule has 0 unspecified atom stereocenters. The molecule has 0 aliphatic heterocycles. The van der Waals surface area contributed by atoms with Crippen LogP contribution in [0.2, 0.25) is 0 Å². The van der Waals surface area contributed by atoms with Gasteiger partial charge in [-0.15, -0.1) is 11.3 Å². The molecule has 0 spiro atoms. The number of nitrogens with one attached hydrogen (secondary N) is 1. The second-order valence-corrected chi connectivity index (χ2v) is 6.80. The number of carbonyl (C=O) groups is 1. The number of para-hydroxylation sites is 1. The highest BCUT2D eigenvalue weighted by Gasteiger charge is 2.13. The average molecular weight is 325 g/mol. The summed E-state index contributed by atoms with van der Waals surface area (Å²) in [5, 5.41) is 3.90. The SMILES string of the molecule is Cc1ccc(C)c(NC(=O)N(C)Cc2nc3ccccc3s2)c1. The maximum atomic E-state index is 12.4. The van der Waals surface area contributed by atoms with Gasteiger partial charge in [0.2, 0.25) is 0 Å². The van der Waals surface area contributed by atoms with E-state index in [4.69, 9.17) is 0 Å². The average Bonchev–Trinajstić information content (AvgIpc) is 2.93. The van der Waals surface area contributed by atoms with Crippen molar-refractivity contribution in [2.75, 3.05) is 12.4 Å². The number of thiazole rings is 1. The van der Waals surface area contributed by atoms with Gasteiger partial charge in [0, 0.05) is 12.7 Å². The topological polar surface area (TPSA) is 45.2 Å². The summed E-state index contributed by atoms with van der Waals surface area (Å²) < 4.78 is 1.14. The van der Waals surface area contributed by atoms with E-state index in [1.807, 2.05) is 56.3 Å². The van der Waals surface area contributed by atoms with Crippen LogP contribution in [0.4, 0.5) is 10.5 Å². The number of aryl methyl sites for hydroxylation is 2. The summed E-state index contributed by atoms with van der Waals surface area (Å²) in [7, 11) is 1.78. The molecule has 3 rings (SSSR count). The van der Waals surface area contributed by atoms with E-state index in [1.54, 1.807) is 23.3 Å². The number of fused-ring (bicyclic) bond motifs is 1. The molecule has 3 aromatic rings. The van der Waals surface area contributed by atoms with Gasteiger partial charge < -0.3 is 10.2 Å². The number of hydrogen-bond acceptors (Lipinski definition) is 3. The third-order valence-electron chi connectivity index (χ3n) is 3.69. The summed E-state index contributed by atoms with van der Waals surface area (Å²) in [6, 6.07) is 13.9. The maximum Gasteiger partial charge on any atom is 0.321 e. The largest absolute Gasteiger partial charge is 0.321 e. The van der Waals surface area contributed by atoms with Crippen molar-refractivity contribution in [1.82, 2.24) is 9.88 Å². The monoisotopic (exact) mass is 325 g/mol. The standard InChI is InChI=1S/C18H19N3OS/c1-12-8-9-13(2)15(10-12)20-18(22)21(3)11-17-19-14-6-4-5-7-16(14)23-17/h4-10H,11H2,1-3H3,(H,20,22). The zero-order chi connectivity index (χ0) is 16.4. The Kier molecular flexibility index (Phi) is 4.30. The van der Waals surface area contributed by atoms with Crippen LogP contribution in [0.1, 0.15) is 16.1 Å². The van der Waals surface area contributed by atoms with E-state index < -0.39 is 0 Å². The van der Waals surface area contributed by atoms with Crippen molar-refractivity contribution in [2.45, 2.75) is 20.4 Å². The lowest BCUT2D eigenvalue weighted by atomic mass is 10.1. The number of urea groups is 1. The van der Waals surface area contributed by atoms with E-state index in [2.05, 4.69) is 10.3 Å². The summed E-state index contributed by atoms with van der Waals surface area (Å²) in [5.74, 6) is 0. The van der Waals surface area contributed by atoms with E-state index in [9.17, 15) is 4.79 Å². The van der Waals surface area contributed by atoms with Gasteiger partial charge in [-0.3, -0.25) is 0 Å². The van der Waals surface area contributed by atoms with Crippen molar-refractivity contribution < 1.29 is 4.79 Å². The van der Waals surface area contributed by atoms with Crippen LogP contribution in [0.15, 0.2) is 42.5 Å². The fourth-order valence-electron chi connectivity index (χ4n) is 2.34. The Labute approximate surface area is 139 Å². The Balaban J connectivity index is 1.71. The van der Waals surface area contributed by atoms with Crippen LogP contribution in [0.25, 0.3) is 10.2 Å². The molecule has 0 aliphatic rings. The summed E-state index contributed by atoms with van der Waals surface area (Å²) in [5.41, 5.74) is 4.01. The molecular formula is C18H19N3OS. The number of benzene rings is 2. The highest BCUT2D eigenvalue weighted by molar-refractivity contribution is 7.18. The molecule has 1 N–H and O–H groups in total. The van der Waals surface area contributed by atoms with Crippen LogP contribution in [0.3, 0.4) is 0 Å². The quantitative estimate of drug-likeness (QED) is 0.766. The highest BCUT2D eigenvalue weighted by atomic mass is 32.1. The molecule has 2 aromatic carbocycles. The van der Waals surface area contributed by atoms with Crippen molar-refractivity contribution in [1.29, 1.82) is 0 Å². The minimum atomic E-state index is -0.127. The Bertz CT molecular complexity index is 823. The van der Waals surface area contributed by atoms with Crippen LogP contribution < -0.4 is 5.32 Å². The number of anilines is 1. The Morgan fingerprint density at radius 1 is 1.22 bits per heavy atom. The van der Waals surface area contributed by atoms with Gasteiger partial charge >= 0.3 is 6.03 Å². The Hall–Kier alpha value is -2.40. The fraction of sp³-hybridized carbons (Fsp3) is 0.222. The Morgan fingerprint density at radius 2 is 2.00 bits per heavy atom. The Morgan fingerprint density at radius 3 is 2.78 bits per heavy atom. The van der Waals surface area contributed by atoms with Crippen molar-refractivity contribution in [3.8, 4) is 0 Å². The van der Waals surface area contributed by atoms with Gasteiger partial charge in [-0.05, 0) is 43.2 Å². The molecular weight excluding hydrogens is 306 g/mol. The van der Waals surface area contributed by atoms with E-state index in [1.165, 1.54) is 0 Å². The fourth-order valence-corrected chi connectivity index (χ4v) is 3.36. The molecule has 0 saturated carbocycles. The number of amides is 2. The minimum absolute atomic E-state index is 0.127. The van der Waals surface area contributed by atoms with E-state index in [0.29, 0.717) is 6.54 Å². The number of carbonyl (C=O) groups excluding carboxylic acids is 1. The molecule has 1 aromatic heterocycles. The lowest BCUT2D eigenvalue weighted by Crippen LogP contribution is -2.31. The van der Waals surface area contributed by atoms with E-state index >= 15 is 0 Å². The molecule has 0 bridgehead atoms. The van der Waals surface area contributed by atoms with Crippen molar-refractivity contribution >= 4 is 33.3 Å². The molecule has 23 heavy (non-hydrogen) atoms. The van der Waals surface area contributed by atoms with Crippen LogP contribution in [-0.2, 0) is 6.54 Å². The van der Waals surface area contributed by atoms with E-state index in [-0.39, 0.29) is 6.03 Å². The van der Waals surface area contributed by atoms with Gasteiger partial charge in [-0.2, -0.15) is 0 Å². The zero-order valence-corrected chi connectivity index (χ0v) is 14.3. The summed E-state index contributed by atoms with van der Waals surface area (Å²) in [6.07, 6.45) is 0. The van der Waals surface area contributed by atoms with Gasteiger partial charge in [0.15, 0.2) is 0 Å². The van der Waals surface area contributed by atoms with Crippen molar-refractivity contribution in [2.24, 2.45) is 0 Å². The first-order valence-corrected chi connectivity index (χ1v) is 8.28. The number of hydrogen-bond donors (Lipinski definition) is 1. The molecule has 118 valence electrons. The van der Waals surface area contributed by atoms with Crippen molar-refractivity contribution in [3.63, 3.8) is 0 Å². The third-order valence-corrected chi connectivity index (χ3v) is 4.71. The third kappa shape index (κ3) is 3.51. The molecule has 0 atom stereocenters. The first-order valence-electron chi connectivity index (χ1n) is 7.47. The van der Waals surface area contributed by atoms with Gasteiger partial charge in [0.25, 0.3) is 0 Å². The summed E-state index contributed by atoms with van der Waals surface area (Å²) in [4.78, 5) is 18.6. The summed E-state index contributed by atoms with van der Waals surface area (Å²) in [6.45, 7) is 4.50. The maximum absolute atomic E-state index is 12.4. The predicted octanol–water partition coefficient (Wildman–Crippen LogP) is 4.58. The normalized spacial score (nSPS) is 10.7. The van der Waals surface area contributed by atoms with Gasteiger partial charge in [-0.1, -0.05) is 24.3 Å². The molecule has 0 fully saturated rings. The van der Waals surface area contributed by atoms with Gasteiger partial charge in [-0.25, -0.2) is 9.78 Å². The van der Waals surface area contributed by atoms with Crippen LogP contribution in [-0.4, -0.2) is 23.0 Å². The molecule has 4 nitrogen and oxygen atoms in total. The molecule has 0 saturated heterocycles. The van der Waals surface area contributed by atoms with Crippen LogP contribution in [0.5, 0.6) is 0 Å².